The number of thioether (sulfide) groups is 1. The van der Waals surface area contributed by atoms with E-state index in [1.807, 2.05) is 75.9 Å². The average molecular weight is 1040 g/mol. The number of ether oxygens (including phenoxy) is 2. The van der Waals surface area contributed by atoms with Crippen LogP contribution in [0.2, 0.25) is 0 Å². The van der Waals surface area contributed by atoms with Crippen molar-refractivity contribution in [3.05, 3.63) is 122 Å². The number of fused-ring (bicyclic) bond motifs is 1. The zero-order valence-corrected chi connectivity index (χ0v) is 44.0. The van der Waals surface area contributed by atoms with Gasteiger partial charge < -0.3 is 29.6 Å². The first-order valence-electron chi connectivity index (χ1n) is 24.3. The van der Waals surface area contributed by atoms with Gasteiger partial charge in [-0.15, -0.1) is 22.0 Å². The number of piperidine rings is 1. The Labute approximate surface area is 429 Å². The first-order chi connectivity index (χ1) is 34.7. The number of nitrogens with one attached hydrogen (secondary N) is 2. The molecule has 0 radical (unpaired) electrons. The van der Waals surface area contributed by atoms with Crippen LogP contribution in [-0.4, -0.2) is 113 Å². The molecule has 3 aromatic carbocycles. The molecule has 4 N–H and O–H groups in total. The number of hydrogen-bond acceptors (Lipinski definition) is 14. The van der Waals surface area contributed by atoms with Crippen molar-refractivity contribution < 1.29 is 41.7 Å². The van der Waals surface area contributed by atoms with Gasteiger partial charge in [0.1, 0.15) is 42.5 Å². The van der Waals surface area contributed by atoms with Crippen molar-refractivity contribution in [2.45, 2.75) is 94.3 Å². The number of anilines is 3. The largest absolute Gasteiger partial charge is 0.443 e. The lowest BCUT2D eigenvalue weighted by molar-refractivity contribution is -0.960. The van der Waals surface area contributed by atoms with E-state index >= 15 is 0 Å². The number of nitrogens with two attached hydrogens (primary N) is 1. The zero-order valence-electron chi connectivity index (χ0n) is 42.3. The van der Waals surface area contributed by atoms with Crippen LogP contribution >= 0.6 is 11.8 Å². The molecule has 2 fully saturated rings. The third-order valence-corrected chi connectivity index (χ3v) is 15.9. The summed E-state index contributed by atoms with van der Waals surface area (Å²) >= 11 is 1.59. The van der Waals surface area contributed by atoms with Gasteiger partial charge in [-0.1, -0.05) is 19.1 Å². The highest BCUT2D eigenvalue weighted by atomic mass is 32.2. The number of nitro groups is 1. The summed E-state index contributed by atoms with van der Waals surface area (Å²) in [6.45, 7) is 14.3. The quantitative estimate of drug-likeness (QED) is 0.0358. The summed E-state index contributed by atoms with van der Waals surface area (Å²) in [6, 6.07) is 18.3. The highest BCUT2D eigenvalue weighted by Crippen LogP contribution is 2.42. The molecule has 0 spiro atoms. The summed E-state index contributed by atoms with van der Waals surface area (Å²) < 4.78 is 43.9. The number of sulfonamides is 1. The molecule has 0 saturated carbocycles. The molecule has 5 aromatic rings. The van der Waals surface area contributed by atoms with Crippen LogP contribution in [0.3, 0.4) is 0 Å². The van der Waals surface area contributed by atoms with Gasteiger partial charge in [0.05, 0.1) is 37.8 Å². The summed E-state index contributed by atoms with van der Waals surface area (Å²) in [4.78, 5) is 60.9. The molecule has 388 valence electrons. The van der Waals surface area contributed by atoms with Crippen molar-refractivity contribution in [3.63, 3.8) is 0 Å². The average Bonchev–Trinajstić information content (AvgIpc) is 3.89. The van der Waals surface area contributed by atoms with Crippen molar-refractivity contribution in [2.75, 3.05) is 66.7 Å². The summed E-state index contributed by atoms with van der Waals surface area (Å²) in [5, 5.41) is 23.0. The van der Waals surface area contributed by atoms with E-state index < -0.39 is 48.5 Å². The molecule has 3 amide bonds. The zero-order chi connectivity index (χ0) is 52.5. The van der Waals surface area contributed by atoms with Gasteiger partial charge in [0.2, 0.25) is 0 Å². The van der Waals surface area contributed by atoms with E-state index in [-0.39, 0.29) is 43.3 Å². The van der Waals surface area contributed by atoms with Crippen LogP contribution in [0, 0.1) is 16.0 Å². The molecule has 20 nitrogen and oxygen atoms in total. The minimum absolute atomic E-state index is 0.0658. The molecule has 0 bridgehead atoms. The van der Waals surface area contributed by atoms with Crippen LogP contribution in [0.4, 0.5) is 27.8 Å². The van der Waals surface area contributed by atoms with Gasteiger partial charge in [0, 0.05) is 83.3 Å². The second-order valence-electron chi connectivity index (χ2n) is 20.4. The number of aryl methyl sites for hydroxylation is 1. The minimum atomic E-state index is -4.44. The Balaban J connectivity index is 1.07. The van der Waals surface area contributed by atoms with Crippen LogP contribution in [-0.2, 0) is 58.0 Å². The van der Waals surface area contributed by atoms with E-state index in [0.717, 1.165) is 71.0 Å². The van der Waals surface area contributed by atoms with Crippen LogP contribution < -0.4 is 25.6 Å². The predicted octanol–water partition coefficient (Wildman–Crippen LogP) is 6.71. The number of nitro benzene ring substituents is 1. The van der Waals surface area contributed by atoms with E-state index in [9.17, 15) is 32.9 Å². The number of carbonyl (C=O) groups is 3. The molecule has 3 aliphatic heterocycles. The molecule has 2 aromatic heterocycles. The van der Waals surface area contributed by atoms with Gasteiger partial charge in [0.25, 0.3) is 27.5 Å². The predicted molar refractivity (Wildman–Crippen MR) is 277 cm³/mol. The number of quaternary nitrogens is 1. The summed E-state index contributed by atoms with van der Waals surface area (Å²) in [6.07, 6.45) is 5.73. The minimum Gasteiger partial charge on any atom is -0.443 e. The number of hydrogen-bond donors (Lipinski definition) is 3. The fourth-order valence-electron chi connectivity index (χ4n) is 10.1. The summed E-state index contributed by atoms with van der Waals surface area (Å²) in [5.74, 6) is 1.16. The maximum atomic E-state index is 14.9. The van der Waals surface area contributed by atoms with Gasteiger partial charge in [0.15, 0.2) is 4.90 Å². The van der Waals surface area contributed by atoms with E-state index in [2.05, 4.69) is 33.2 Å². The summed E-state index contributed by atoms with van der Waals surface area (Å²) in [7, 11) is -2.54. The standard InChI is InChI=1S/C51H63N11O9S2/c1-8-59(49(65)71-50(3,4)5)44-23-37(51(30-70-31-51)25-46-56-54-32-58(46)6)24-45(55-44)60-26-40-39(48(60)64)20-35(21-42(40)72-7)29-62(19-9-10-33(2)27-62)28-34-11-14-38(15-12-34)57-73(68,69)43-16-13-36(22-41(43)61(66)67)47(63)53-18-17-52/h11-16,20-24,32-33,57H,8-10,17-19,25-31,52H2,1-7H3/p+1/t33-,62?/m0/s1. The van der Waals surface area contributed by atoms with E-state index in [1.54, 1.807) is 35.1 Å². The first kappa shape index (κ1) is 52.9. The van der Waals surface area contributed by atoms with Crippen LogP contribution in [0.5, 0.6) is 0 Å². The lowest BCUT2D eigenvalue weighted by Crippen LogP contribution is -2.52. The molecule has 73 heavy (non-hydrogen) atoms. The number of likely N-dealkylation sites (tertiary alicyclic amines) is 1. The molecule has 2 atom stereocenters. The van der Waals surface area contributed by atoms with Gasteiger partial charge in [-0.2, -0.15) is 0 Å². The Morgan fingerprint density at radius 1 is 1.08 bits per heavy atom. The van der Waals surface area contributed by atoms with E-state index in [0.29, 0.717) is 60.3 Å². The van der Waals surface area contributed by atoms with E-state index in [4.69, 9.17) is 20.2 Å². The third-order valence-electron chi connectivity index (χ3n) is 13.6. The van der Waals surface area contributed by atoms with Gasteiger partial charge in [-0.05, 0) is 106 Å². The highest BCUT2D eigenvalue weighted by molar-refractivity contribution is 7.98. The number of benzene rings is 3. The normalized spacial score (nSPS) is 18.4. The molecule has 2 saturated heterocycles. The Kier molecular flexibility index (Phi) is 15.3. The van der Waals surface area contributed by atoms with Crippen LogP contribution in [0.25, 0.3) is 0 Å². The fourth-order valence-corrected chi connectivity index (χ4v) is 12.0. The molecule has 5 heterocycles. The van der Waals surface area contributed by atoms with Crippen molar-refractivity contribution in [2.24, 2.45) is 18.7 Å². The maximum absolute atomic E-state index is 14.9. The number of rotatable bonds is 18. The lowest BCUT2D eigenvalue weighted by atomic mass is 9.75. The Bertz CT molecular complexity index is 3030. The monoisotopic (exact) mass is 1040 g/mol. The van der Waals surface area contributed by atoms with Gasteiger partial charge in [-0.3, -0.25) is 34.2 Å². The van der Waals surface area contributed by atoms with Crippen molar-refractivity contribution >= 4 is 62.7 Å². The molecule has 3 aliphatic rings. The SMILES string of the molecule is CCN(C(=O)OC(C)(C)C)c1cc(C2(Cc3nncn3C)COC2)cc(N2Cc3c(SC)cc(C[N+]4(Cc5ccc(NS(=O)(=O)c6ccc(C(=O)NCCN)cc6[N+](=O)[O-])cc5)CCC[C@H](C)C4)cc3C2=O)n1. The maximum Gasteiger partial charge on any atom is 0.415 e. The number of amides is 3. The molecule has 0 aliphatic carbocycles. The number of aromatic nitrogens is 4. The van der Waals surface area contributed by atoms with Crippen molar-refractivity contribution in [1.82, 2.24) is 25.1 Å². The summed E-state index contributed by atoms with van der Waals surface area (Å²) in [5.41, 5.74) is 7.93. The van der Waals surface area contributed by atoms with Gasteiger partial charge in [-0.25, -0.2) is 18.2 Å². The second kappa shape index (κ2) is 21.2. The molecule has 22 heteroatoms. The molecule has 1 unspecified atom stereocenters. The number of pyridine rings is 1. The molecular weight excluding hydrogens is 975 g/mol. The van der Waals surface area contributed by atoms with Crippen LogP contribution in [0.1, 0.15) is 96.3 Å². The highest BCUT2D eigenvalue weighted by Gasteiger charge is 2.44. The van der Waals surface area contributed by atoms with Crippen molar-refractivity contribution in [3.8, 4) is 0 Å². The Morgan fingerprint density at radius 2 is 1.82 bits per heavy atom. The van der Waals surface area contributed by atoms with Crippen molar-refractivity contribution in [1.29, 1.82) is 0 Å². The number of nitrogens with zero attached hydrogens (tertiary/aromatic N) is 8. The first-order valence-corrected chi connectivity index (χ1v) is 27.1. The molecule has 8 rings (SSSR count). The van der Waals surface area contributed by atoms with Crippen LogP contribution in [0.15, 0.2) is 82.8 Å². The third kappa shape index (κ3) is 11.5. The molecular formula is C51H64N11O9S2+. The Morgan fingerprint density at radius 3 is 2.44 bits per heavy atom. The smallest absolute Gasteiger partial charge is 0.415 e. The number of carbonyl (C=O) groups excluding carboxylic acids is 3. The lowest BCUT2D eigenvalue weighted by Gasteiger charge is -2.44. The fraction of sp³-hybridized carbons (Fsp3) is 0.451. The topological polar surface area (TPSA) is 247 Å². The Hall–Kier alpha value is -6.46. The van der Waals surface area contributed by atoms with E-state index in [1.165, 1.54) is 11.0 Å². The van der Waals surface area contributed by atoms with Gasteiger partial charge >= 0.3 is 6.09 Å². The second-order valence-corrected chi connectivity index (χ2v) is 22.9.